The standard InChI is InChI=1S/C15H17N3O/c1-17-15(19)13(11-16)10-12-4-6-14(7-5-12)18-8-2-3-9-18/h4-7,10H,2-3,8-9H2,1H3,(H,17,19)/b13-10-. The summed E-state index contributed by atoms with van der Waals surface area (Å²) in [5.41, 5.74) is 2.19. The molecule has 1 fully saturated rings. The van der Waals surface area contributed by atoms with Crippen LogP contribution in [0.4, 0.5) is 5.69 Å². The van der Waals surface area contributed by atoms with Gasteiger partial charge in [-0.15, -0.1) is 0 Å². The summed E-state index contributed by atoms with van der Waals surface area (Å²) in [6, 6.07) is 9.86. The van der Waals surface area contributed by atoms with Crippen LogP contribution in [-0.4, -0.2) is 26.0 Å². The molecule has 1 aliphatic rings. The average molecular weight is 255 g/mol. The molecule has 0 atom stereocenters. The van der Waals surface area contributed by atoms with E-state index in [9.17, 15) is 4.79 Å². The summed E-state index contributed by atoms with van der Waals surface area (Å²) in [4.78, 5) is 13.8. The maximum Gasteiger partial charge on any atom is 0.261 e. The van der Waals surface area contributed by atoms with Crippen molar-refractivity contribution >= 4 is 17.7 Å². The molecule has 1 aliphatic heterocycles. The molecule has 1 heterocycles. The SMILES string of the molecule is CNC(=O)/C(C#N)=C\c1ccc(N2CCCC2)cc1. The highest BCUT2D eigenvalue weighted by Gasteiger charge is 2.12. The molecule has 0 bridgehead atoms. The van der Waals surface area contributed by atoms with Gasteiger partial charge in [-0.05, 0) is 36.6 Å². The quantitative estimate of drug-likeness (QED) is 0.663. The molecular formula is C15H17N3O. The Kier molecular flexibility index (Phi) is 4.19. The maximum atomic E-state index is 11.4. The third-order valence-electron chi connectivity index (χ3n) is 3.27. The highest BCUT2D eigenvalue weighted by molar-refractivity contribution is 6.01. The number of hydrogen-bond acceptors (Lipinski definition) is 3. The third-order valence-corrected chi connectivity index (χ3v) is 3.27. The van der Waals surface area contributed by atoms with E-state index in [0.717, 1.165) is 18.7 Å². The van der Waals surface area contributed by atoms with Crippen molar-refractivity contribution in [2.45, 2.75) is 12.8 Å². The van der Waals surface area contributed by atoms with E-state index >= 15 is 0 Å². The van der Waals surface area contributed by atoms with Crippen molar-refractivity contribution in [3.63, 3.8) is 0 Å². The van der Waals surface area contributed by atoms with Crippen molar-refractivity contribution in [2.24, 2.45) is 0 Å². The van der Waals surface area contributed by atoms with Crippen LogP contribution < -0.4 is 10.2 Å². The number of likely N-dealkylation sites (N-methyl/N-ethyl adjacent to an activating group) is 1. The summed E-state index contributed by atoms with van der Waals surface area (Å²) in [7, 11) is 1.52. The number of nitrogens with one attached hydrogen (secondary N) is 1. The Morgan fingerprint density at radius 1 is 1.32 bits per heavy atom. The molecule has 19 heavy (non-hydrogen) atoms. The molecule has 98 valence electrons. The maximum absolute atomic E-state index is 11.4. The van der Waals surface area contributed by atoms with E-state index in [4.69, 9.17) is 5.26 Å². The number of anilines is 1. The molecule has 0 aliphatic carbocycles. The average Bonchev–Trinajstić information content (AvgIpc) is 2.98. The smallest absolute Gasteiger partial charge is 0.261 e. The Bertz CT molecular complexity index is 519. The minimum Gasteiger partial charge on any atom is -0.372 e. The number of rotatable bonds is 3. The third kappa shape index (κ3) is 3.14. The second kappa shape index (κ2) is 6.05. The monoisotopic (exact) mass is 255 g/mol. The van der Waals surface area contributed by atoms with Gasteiger partial charge in [0.1, 0.15) is 11.6 Å². The first-order valence-corrected chi connectivity index (χ1v) is 6.43. The molecule has 4 nitrogen and oxygen atoms in total. The zero-order valence-electron chi connectivity index (χ0n) is 11.0. The lowest BCUT2D eigenvalue weighted by Gasteiger charge is -2.17. The van der Waals surface area contributed by atoms with Gasteiger partial charge in [0, 0.05) is 25.8 Å². The Labute approximate surface area is 113 Å². The van der Waals surface area contributed by atoms with Crippen LogP contribution in [0.3, 0.4) is 0 Å². The predicted octanol–water partition coefficient (Wildman–Crippen LogP) is 1.94. The van der Waals surface area contributed by atoms with E-state index in [1.807, 2.05) is 30.3 Å². The number of benzene rings is 1. The van der Waals surface area contributed by atoms with Gasteiger partial charge in [-0.3, -0.25) is 4.79 Å². The van der Waals surface area contributed by atoms with Crippen molar-refractivity contribution in [1.29, 1.82) is 5.26 Å². The summed E-state index contributed by atoms with van der Waals surface area (Å²) in [6.45, 7) is 2.22. The van der Waals surface area contributed by atoms with E-state index in [2.05, 4.69) is 10.2 Å². The molecule has 1 N–H and O–H groups in total. The van der Waals surface area contributed by atoms with Gasteiger partial charge >= 0.3 is 0 Å². The van der Waals surface area contributed by atoms with Crippen LogP contribution >= 0.6 is 0 Å². The van der Waals surface area contributed by atoms with Crippen LogP contribution in [0.5, 0.6) is 0 Å². The zero-order valence-corrected chi connectivity index (χ0v) is 11.0. The van der Waals surface area contributed by atoms with E-state index in [0.29, 0.717) is 0 Å². The zero-order chi connectivity index (χ0) is 13.7. The van der Waals surface area contributed by atoms with Gasteiger partial charge in [0.2, 0.25) is 0 Å². The van der Waals surface area contributed by atoms with E-state index in [1.165, 1.54) is 25.6 Å². The first kappa shape index (κ1) is 13.2. The summed E-state index contributed by atoms with van der Waals surface area (Å²) < 4.78 is 0. The van der Waals surface area contributed by atoms with Crippen LogP contribution in [0.25, 0.3) is 6.08 Å². The molecule has 0 spiro atoms. The van der Waals surface area contributed by atoms with Crippen molar-refractivity contribution in [3.8, 4) is 6.07 Å². The fourth-order valence-corrected chi connectivity index (χ4v) is 2.21. The summed E-state index contributed by atoms with van der Waals surface area (Å²) in [5, 5.41) is 11.4. The molecule has 2 rings (SSSR count). The molecular weight excluding hydrogens is 238 g/mol. The van der Waals surface area contributed by atoms with Gasteiger partial charge in [0.05, 0.1) is 0 Å². The summed E-state index contributed by atoms with van der Waals surface area (Å²) >= 11 is 0. The second-order valence-electron chi connectivity index (χ2n) is 4.53. The predicted molar refractivity (Wildman–Crippen MR) is 75.5 cm³/mol. The fourth-order valence-electron chi connectivity index (χ4n) is 2.21. The van der Waals surface area contributed by atoms with E-state index in [1.54, 1.807) is 6.08 Å². The lowest BCUT2D eigenvalue weighted by Crippen LogP contribution is -2.19. The molecule has 1 aromatic carbocycles. The highest BCUT2D eigenvalue weighted by atomic mass is 16.1. The number of carbonyl (C=O) groups is 1. The lowest BCUT2D eigenvalue weighted by atomic mass is 10.1. The van der Waals surface area contributed by atoms with Crippen molar-refractivity contribution in [3.05, 3.63) is 35.4 Å². The van der Waals surface area contributed by atoms with Crippen molar-refractivity contribution in [1.82, 2.24) is 5.32 Å². The first-order valence-electron chi connectivity index (χ1n) is 6.43. The van der Waals surface area contributed by atoms with Crippen molar-refractivity contribution in [2.75, 3.05) is 25.0 Å². The van der Waals surface area contributed by atoms with Gasteiger partial charge in [0.15, 0.2) is 0 Å². The topological polar surface area (TPSA) is 56.1 Å². The highest BCUT2D eigenvalue weighted by Crippen LogP contribution is 2.21. The van der Waals surface area contributed by atoms with Crippen LogP contribution in [0, 0.1) is 11.3 Å². The van der Waals surface area contributed by atoms with Crippen LogP contribution in [0.1, 0.15) is 18.4 Å². The Hall–Kier alpha value is -2.28. The van der Waals surface area contributed by atoms with Gasteiger partial charge in [0.25, 0.3) is 5.91 Å². The molecule has 1 saturated heterocycles. The van der Waals surface area contributed by atoms with Gasteiger partial charge in [-0.1, -0.05) is 12.1 Å². The Morgan fingerprint density at radius 3 is 2.47 bits per heavy atom. The normalized spacial score (nSPS) is 15.2. The van der Waals surface area contributed by atoms with Gasteiger partial charge in [-0.25, -0.2) is 0 Å². The molecule has 0 aromatic heterocycles. The summed E-state index contributed by atoms with van der Waals surface area (Å²) in [5.74, 6) is -0.355. The van der Waals surface area contributed by atoms with Crippen LogP contribution in [0.15, 0.2) is 29.8 Å². The van der Waals surface area contributed by atoms with Crippen LogP contribution in [-0.2, 0) is 4.79 Å². The Balaban J connectivity index is 2.16. The van der Waals surface area contributed by atoms with E-state index < -0.39 is 0 Å². The fraction of sp³-hybridized carbons (Fsp3) is 0.333. The molecule has 0 radical (unpaired) electrons. The Morgan fingerprint density at radius 2 is 1.95 bits per heavy atom. The summed E-state index contributed by atoms with van der Waals surface area (Å²) in [6.07, 6.45) is 4.10. The molecule has 1 aromatic rings. The second-order valence-corrected chi connectivity index (χ2v) is 4.53. The number of nitriles is 1. The van der Waals surface area contributed by atoms with Gasteiger partial charge in [-0.2, -0.15) is 5.26 Å². The molecule has 4 heteroatoms. The number of nitrogens with zero attached hydrogens (tertiary/aromatic N) is 2. The largest absolute Gasteiger partial charge is 0.372 e. The van der Waals surface area contributed by atoms with Crippen molar-refractivity contribution < 1.29 is 4.79 Å². The minimum absolute atomic E-state index is 0.122. The van der Waals surface area contributed by atoms with Gasteiger partial charge < -0.3 is 10.2 Å². The molecule has 0 unspecified atom stereocenters. The number of hydrogen-bond donors (Lipinski definition) is 1. The minimum atomic E-state index is -0.355. The molecule has 0 saturated carbocycles. The lowest BCUT2D eigenvalue weighted by molar-refractivity contribution is -0.116. The number of carbonyl (C=O) groups excluding carboxylic acids is 1. The van der Waals surface area contributed by atoms with E-state index in [-0.39, 0.29) is 11.5 Å². The number of amides is 1. The van der Waals surface area contributed by atoms with Crippen LogP contribution in [0.2, 0.25) is 0 Å². The first-order chi connectivity index (χ1) is 9.24. The molecule has 1 amide bonds.